The van der Waals surface area contributed by atoms with Crippen molar-refractivity contribution in [3.63, 3.8) is 0 Å². The van der Waals surface area contributed by atoms with Gasteiger partial charge in [0.1, 0.15) is 0 Å². The van der Waals surface area contributed by atoms with E-state index in [1.807, 2.05) is 109 Å². The van der Waals surface area contributed by atoms with Crippen molar-refractivity contribution in [1.29, 1.82) is 0 Å². The maximum absolute atomic E-state index is 4.33. The van der Waals surface area contributed by atoms with Crippen molar-refractivity contribution in [2.75, 3.05) is 0 Å². The molecule has 3 aromatic carbocycles. The van der Waals surface area contributed by atoms with E-state index >= 15 is 0 Å². The minimum absolute atomic E-state index is 0. The molecule has 0 saturated heterocycles. The van der Waals surface area contributed by atoms with Crippen LogP contribution in [0.25, 0.3) is 64.3 Å². The fourth-order valence-corrected chi connectivity index (χ4v) is 8.42. The van der Waals surface area contributed by atoms with Crippen molar-refractivity contribution in [2.24, 2.45) is 0 Å². The summed E-state index contributed by atoms with van der Waals surface area (Å²) in [5.41, 5.74) is 7.64. The summed E-state index contributed by atoms with van der Waals surface area (Å²) in [4.78, 5) is 21.7. The van der Waals surface area contributed by atoms with Gasteiger partial charge in [-0.3, -0.25) is 19.9 Å². The van der Waals surface area contributed by atoms with Crippen LogP contribution >= 0.6 is 0 Å². The number of pyridine rings is 4. The van der Waals surface area contributed by atoms with Gasteiger partial charge in [-0.2, -0.15) is 0 Å². The van der Waals surface area contributed by atoms with Crippen LogP contribution in [0, 0.1) is 24.3 Å². The van der Waals surface area contributed by atoms with Crippen LogP contribution in [0.15, 0.2) is 156 Å². The van der Waals surface area contributed by atoms with Crippen molar-refractivity contribution in [3.8, 4) is 45.0 Å². The zero-order valence-corrected chi connectivity index (χ0v) is 34.2. The van der Waals surface area contributed by atoms with Gasteiger partial charge >= 0.3 is 125 Å². The van der Waals surface area contributed by atoms with Gasteiger partial charge in [-0.1, -0.05) is 70.8 Å². The molecule has 0 aliphatic rings. The van der Waals surface area contributed by atoms with Crippen molar-refractivity contribution >= 4 is 48.3 Å². The molecule has 0 N–H and O–H groups in total. The number of hydrogen-bond acceptors (Lipinski definition) is 4. The van der Waals surface area contributed by atoms with E-state index in [0.29, 0.717) is 29.0 Å². The molecule has 0 spiro atoms. The summed E-state index contributed by atoms with van der Waals surface area (Å²) in [5, 5.41) is 2.60. The Labute approximate surface area is 332 Å². The first-order valence-corrected chi connectivity index (χ1v) is 18.9. The molecule has 8 heteroatoms. The second-order valence-corrected chi connectivity index (χ2v) is 14.2. The topological polar surface area (TPSA) is 51.6 Å². The normalized spacial score (nSPS) is 10.1. The molecule has 0 fully saturated rings. The van der Waals surface area contributed by atoms with E-state index < -0.39 is 0 Å². The van der Waals surface area contributed by atoms with Crippen LogP contribution in [-0.2, 0) is 42.1 Å². The molecular weight excluding hydrogens is 1110 g/mol. The molecule has 0 amide bonds. The molecule has 0 atom stereocenters. The Morgan fingerprint density at radius 2 is 0.720 bits per heavy atom. The Balaban J connectivity index is 0.000000146. The Bertz CT molecular complexity index is 2030. The van der Waals surface area contributed by atoms with Crippen molar-refractivity contribution in [2.45, 2.75) is 0 Å². The third-order valence-corrected chi connectivity index (χ3v) is 10.7. The van der Waals surface area contributed by atoms with Crippen LogP contribution in [0.4, 0.5) is 0 Å². The molecule has 0 unspecified atom stereocenters. The Kier molecular flexibility index (Phi) is 14.2. The predicted molar refractivity (Wildman–Crippen MR) is 196 cm³/mol. The molecule has 0 saturated carbocycles. The summed E-state index contributed by atoms with van der Waals surface area (Å²) < 4.78 is 3.00. The summed E-state index contributed by atoms with van der Waals surface area (Å²) in [6, 6.07) is 53.3. The van der Waals surface area contributed by atoms with Crippen LogP contribution in [0.3, 0.4) is 0 Å². The molecule has 246 valence electrons. The van der Waals surface area contributed by atoms with Crippen LogP contribution in [-0.4, -0.2) is 48.9 Å². The van der Waals surface area contributed by atoms with Crippen LogP contribution in [0.2, 0.25) is 0 Å². The monoisotopic (exact) mass is 1140 g/mol. The molecule has 0 aliphatic heterocycles. The zero-order chi connectivity index (χ0) is 32.4. The van der Waals surface area contributed by atoms with Crippen LogP contribution in [0.1, 0.15) is 0 Å². The fraction of sp³-hybridized carbons (Fsp3) is 0. The van der Waals surface area contributed by atoms with Gasteiger partial charge < -0.3 is 0 Å². The number of rotatable bonds is 4. The molecule has 4 nitrogen and oxygen atoms in total. The zero-order valence-electron chi connectivity index (χ0n) is 26.2. The number of aromatic nitrogens is 4. The van der Waals surface area contributed by atoms with E-state index in [0.717, 1.165) is 45.0 Å². The number of fused-ring (bicyclic) bond motifs is 2. The third kappa shape index (κ3) is 9.68. The number of hydrogen-bond donors (Lipinski definition) is 0. The van der Waals surface area contributed by atoms with Gasteiger partial charge in [0.25, 0.3) is 0 Å². The van der Waals surface area contributed by atoms with Crippen molar-refractivity contribution in [3.05, 3.63) is 180 Å². The van der Waals surface area contributed by atoms with Crippen molar-refractivity contribution in [1.82, 2.24) is 19.9 Å². The van der Waals surface area contributed by atoms with E-state index in [4.69, 9.17) is 0 Å². The summed E-state index contributed by atoms with van der Waals surface area (Å²) >= 11 is 1.09. The van der Waals surface area contributed by atoms with Gasteiger partial charge in [-0.25, -0.2) is 0 Å². The molecule has 50 heavy (non-hydrogen) atoms. The molecule has 9 rings (SSSR count). The predicted octanol–water partition coefficient (Wildman–Crippen LogP) is 8.92. The number of nitrogens with zero attached hydrogens (tertiary/aromatic N) is 4. The van der Waals surface area contributed by atoms with E-state index in [1.54, 1.807) is 24.8 Å². The van der Waals surface area contributed by atoms with E-state index in [2.05, 4.69) is 66.2 Å². The SMILES string of the molecule is [Pt+2].[Pt+2].[c-]1c(-c2ccccn2)cccc1-c1ccccn1.[c-]1c(-c2ccccn2)cccc1-c1ccccn1.[c-]1c[se]c2cc3[se]c[c-]c3cc12. The molecule has 0 bridgehead atoms. The molecule has 6 heterocycles. The summed E-state index contributed by atoms with van der Waals surface area (Å²) in [6.07, 6.45) is 7.15. The van der Waals surface area contributed by atoms with Crippen molar-refractivity contribution < 1.29 is 42.1 Å². The van der Waals surface area contributed by atoms with Gasteiger partial charge in [-0.05, 0) is 24.3 Å². The Morgan fingerprint density at radius 1 is 0.380 bits per heavy atom. The second kappa shape index (κ2) is 19.0. The van der Waals surface area contributed by atoms with Gasteiger partial charge in [0.05, 0.1) is 0 Å². The van der Waals surface area contributed by atoms with Gasteiger partial charge in [0.2, 0.25) is 0 Å². The molecular formula is C42H26N4Pt2Se2. The van der Waals surface area contributed by atoms with E-state index in [1.165, 1.54) is 19.3 Å². The van der Waals surface area contributed by atoms with Gasteiger partial charge in [0, 0.05) is 47.6 Å². The van der Waals surface area contributed by atoms with E-state index in [9.17, 15) is 0 Å². The maximum atomic E-state index is 4.33. The average Bonchev–Trinajstić information content (AvgIpc) is 3.85. The van der Waals surface area contributed by atoms with Crippen LogP contribution < -0.4 is 0 Å². The first-order valence-electron chi connectivity index (χ1n) is 15.2. The van der Waals surface area contributed by atoms with Gasteiger partial charge in [0.15, 0.2) is 0 Å². The first-order chi connectivity index (χ1) is 23.8. The second-order valence-electron chi connectivity index (χ2n) is 10.4. The minimum atomic E-state index is 0. The molecule has 9 aromatic rings. The third-order valence-electron chi connectivity index (χ3n) is 7.24. The summed E-state index contributed by atoms with van der Waals surface area (Å²) in [6.45, 7) is 0. The Morgan fingerprint density at radius 3 is 1.02 bits per heavy atom. The Hall–Kier alpha value is -3.84. The molecule has 0 aliphatic carbocycles. The summed E-state index contributed by atoms with van der Waals surface area (Å²) in [7, 11) is 0. The number of benzene rings is 3. The fourth-order valence-electron chi connectivity index (χ4n) is 4.92. The molecule has 6 aromatic heterocycles. The standard InChI is InChI=1S/2C16H11N2.C10H4Se2.2Pt/c2*1-3-10-17-15(8-1)13-6-5-7-14(12-13)16-9-2-4-11-18-16;1-3-11-9-6-10-8(2-4-12-10)5-7(1)9;;/h2*1-11H;3-6H;;/q2*-1;-2;2*+2. The van der Waals surface area contributed by atoms with Gasteiger partial charge in [-0.15, -0.1) is 48.5 Å². The summed E-state index contributed by atoms with van der Waals surface area (Å²) in [5.74, 6) is 0. The first kappa shape index (κ1) is 37.4. The van der Waals surface area contributed by atoms with Crippen LogP contribution in [0.5, 0.6) is 0 Å². The molecule has 0 radical (unpaired) electrons. The van der Waals surface area contributed by atoms with E-state index in [-0.39, 0.29) is 42.1 Å². The quantitative estimate of drug-likeness (QED) is 0.131. The average molecular weight is 1130 g/mol.